The zero-order chi connectivity index (χ0) is 23.1. The van der Waals surface area contributed by atoms with Gasteiger partial charge in [-0.25, -0.2) is 0 Å². The maximum absolute atomic E-state index is 3.92. The molecule has 0 amide bonds. The van der Waals surface area contributed by atoms with E-state index in [1.807, 2.05) is 0 Å². The lowest BCUT2D eigenvalue weighted by Crippen LogP contribution is -1.98. The normalized spacial score (nSPS) is 12.5. The van der Waals surface area contributed by atoms with Crippen LogP contribution in [0.4, 0.5) is 0 Å². The smallest absolute Gasteiger partial charge is 0.0509 e. The number of benzene rings is 5. The predicted molar refractivity (Wildman–Crippen MR) is 154 cm³/mol. The highest BCUT2D eigenvalue weighted by atomic mass is 79.9. The fourth-order valence-electron chi connectivity index (χ4n) is 6.31. The molecule has 0 bridgehead atoms. The minimum Gasteiger partial charge on any atom is -0.340 e. The minimum absolute atomic E-state index is 1.10. The summed E-state index contributed by atoms with van der Waals surface area (Å²) in [6.45, 7) is 3.40. The molecule has 0 saturated heterocycles. The van der Waals surface area contributed by atoms with Gasteiger partial charge in [0, 0.05) is 32.7 Å². The standard InChI is InChI=1S/C32H34BrN/c1-2-3-4-5-6-7-8-9-10-11-20-34-27-19-18-22-14-12-15-23-24-16-13-17-25-26(33)21-28(34)32(30(24)25)31(27)29(22)23/h12-19,21H,2-11,20H2,1H3. The van der Waals surface area contributed by atoms with E-state index < -0.39 is 0 Å². The summed E-state index contributed by atoms with van der Waals surface area (Å²) in [4.78, 5) is 0. The molecule has 0 unspecified atom stereocenters. The Hall–Kier alpha value is -2.32. The van der Waals surface area contributed by atoms with Crippen LogP contribution >= 0.6 is 15.9 Å². The fourth-order valence-corrected chi connectivity index (χ4v) is 6.86. The first-order valence-corrected chi connectivity index (χ1v) is 14.2. The van der Waals surface area contributed by atoms with Crippen LogP contribution in [0.2, 0.25) is 0 Å². The molecular formula is C32H34BrN. The van der Waals surface area contributed by atoms with Crippen LogP contribution < -0.4 is 0 Å². The van der Waals surface area contributed by atoms with Gasteiger partial charge in [0.1, 0.15) is 0 Å². The van der Waals surface area contributed by atoms with Crippen LogP contribution in [0.1, 0.15) is 71.1 Å². The van der Waals surface area contributed by atoms with E-state index in [1.54, 1.807) is 0 Å². The number of aromatic nitrogens is 1. The summed E-state index contributed by atoms with van der Waals surface area (Å²) >= 11 is 3.92. The quantitative estimate of drug-likeness (QED) is 0.0924. The van der Waals surface area contributed by atoms with E-state index in [1.165, 1.54) is 123 Å². The largest absolute Gasteiger partial charge is 0.340 e. The Kier molecular flexibility index (Phi) is 6.11. The highest BCUT2D eigenvalue weighted by molar-refractivity contribution is 9.10. The zero-order valence-electron chi connectivity index (χ0n) is 20.3. The van der Waals surface area contributed by atoms with Crippen molar-refractivity contribution >= 4 is 70.1 Å². The Balaban J connectivity index is 1.32. The fraction of sp³-hybridized carbons (Fsp3) is 0.375. The summed E-state index contributed by atoms with van der Waals surface area (Å²) < 4.78 is 3.82. The molecule has 0 atom stereocenters. The highest BCUT2D eigenvalue weighted by Gasteiger charge is 2.22. The van der Waals surface area contributed by atoms with Gasteiger partial charge in [0.15, 0.2) is 0 Å². The van der Waals surface area contributed by atoms with Crippen molar-refractivity contribution in [3.8, 4) is 0 Å². The third kappa shape index (κ3) is 3.57. The van der Waals surface area contributed by atoms with Crippen molar-refractivity contribution in [1.82, 2.24) is 4.57 Å². The van der Waals surface area contributed by atoms with Crippen molar-refractivity contribution in [3.05, 3.63) is 59.1 Å². The topological polar surface area (TPSA) is 4.93 Å². The Morgan fingerprint density at radius 3 is 1.97 bits per heavy atom. The van der Waals surface area contributed by atoms with Crippen LogP contribution in [0.3, 0.4) is 0 Å². The summed E-state index contributed by atoms with van der Waals surface area (Å²) in [5.74, 6) is 0. The maximum atomic E-state index is 3.92. The molecule has 0 radical (unpaired) electrons. The Morgan fingerprint density at radius 2 is 1.21 bits per heavy atom. The molecule has 0 N–H and O–H groups in total. The molecule has 2 heteroatoms. The lowest BCUT2D eigenvalue weighted by molar-refractivity contribution is 0.541. The van der Waals surface area contributed by atoms with Crippen molar-refractivity contribution in [2.45, 2.75) is 77.7 Å². The molecule has 0 saturated carbocycles. The van der Waals surface area contributed by atoms with E-state index in [0.29, 0.717) is 0 Å². The molecule has 174 valence electrons. The van der Waals surface area contributed by atoms with Crippen molar-refractivity contribution in [3.63, 3.8) is 0 Å². The van der Waals surface area contributed by atoms with Gasteiger partial charge in [-0.1, -0.05) is 123 Å². The van der Waals surface area contributed by atoms with Crippen molar-refractivity contribution in [2.75, 3.05) is 0 Å². The third-order valence-corrected chi connectivity index (χ3v) is 8.63. The number of halogens is 1. The number of unbranched alkanes of at least 4 members (excludes halogenated alkanes) is 9. The number of hydrogen-bond acceptors (Lipinski definition) is 0. The van der Waals surface area contributed by atoms with Gasteiger partial charge < -0.3 is 4.57 Å². The van der Waals surface area contributed by atoms with Gasteiger partial charge in [0.25, 0.3) is 0 Å². The molecule has 0 spiro atoms. The van der Waals surface area contributed by atoms with Gasteiger partial charge in [-0.2, -0.15) is 0 Å². The van der Waals surface area contributed by atoms with Crippen LogP contribution in [0.5, 0.6) is 0 Å². The van der Waals surface area contributed by atoms with E-state index in [2.05, 4.69) is 82.0 Å². The summed E-state index contributed by atoms with van der Waals surface area (Å²) in [5, 5.41) is 11.2. The van der Waals surface area contributed by atoms with Gasteiger partial charge >= 0.3 is 0 Å². The summed E-state index contributed by atoms with van der Waals surface area (Å²) in [6, 6.07) is 20.6. The molecule has 1 heterocycles. The maximum Gasteiger partial charge on any atom is 0.0509 e. The second-order valence-corrected chi connectivity index (χ2v) is 11.0. The third-order valence-electron chi connectivity index (χ3n) is 7.97. The summed E-state index contributed by atoms with van der Waals surface area (Å²) in [6.07, 6.45) is 13.8. The van der Waals surface area contributed by atoms with Gasteiger partial charge in [-0.05, 0) is 45.5 Å². The number of rotatable bonds is 11. The number of hydrogen-bond donors (Lipinski definition) is 0. The monoisotopic (exact) mass is 511 g/mol. The molecule has 34 heavy (non-hydrogen) atoms. The molecule has 0 fully saturated rings. The molecule has 0 aliphatic carbocycles. The number of nitrogens with zero attached hydrogens (tertiary/aromatic N) is 1. The lowest BCUT2D eigenvalue weighted by Gasteiger charge is -2.13. The number of fused-ring (bicyclic) bond motifs is 1. The second-order valence-electron chi connectivity index (χ2n) is 10.2. The first-order valence-electron chi connectivity index (χ1n) is 13.4. The van der Waals surface area contributed by atoms with E-state index in [9.17, 15) is 0 Å². The SMILES string of the molecule is CCCCCCCCCCCCn1c2ccc3cccc4c5cccc6c(Br)cc1c(c65)c2c34. The molecule has 1 aromatic heterocycles. The summed E-state index contributed by atoms with van der Waals surface area (Å²) in [5.41, 5.74) is 2.79. The van der Waals surface area contributed by atoms with E-state index in [0.717, 1.165) is 6.54 Å². The van der Waals surface area contributed by atoms with Gasteiger partial charge in [0.05, 0.1) is 5.52 Å². The van der Waals surface area contributed by atoms with Crippen LogP contribution in [-0.2, 0) is 6.54 Å². The van der Waals surface area contributed by atoms with Crippen LogP contribution in [0.15, 0.2) is 59.1 Å². The Labute approximate surface area is 210 Å². The second kappa shape index (κ2) is 9.38. The van der Waals surface area contributed by atoms with Crippen LogP contribution in [0, 0.1) is 0 Å². The van der Waals surface area contributed by atoms with E-state index in [-0.39, 0.29) is 0 Å². The first-order chi connectivity index (χ1) is 16.8. The average Bonchev–Trinajstić information content (AvgIpc) is 3.18. The van der Waals surface area contributed by atoms with E-state index >= 15 is 0 Å². The highest BCUT2D eigenvalue weighted by Crippen LogP contribution is 2.47. The molecule has 5 aromatic carbocycles. The first kappa shape index (κ1) is 22.2. The van der Waals surface area contributed by atoms with Crippen LogP contribution in [-0.4, -0.2) is 4.57 Å². The Morgan fingerprint density at radius 1 is 0.588 bits per heavy atom. The number of aryl methyl sites for hydroxylation is 1. The molecule has 0 aliphatic rings. The molecule has 6 aromatic rings. The predicted octanol–water partition coefficient (Wildman–Crippen LogP) is 10.8. The van der Waals surface area contributed by atoms with Crippen molar-refractivity contribution in [2.24, 2.45) is 0 Å². The van der Waals surface area contributed by atoms with Crippen LogP contribution in [0.25, 0.3) is 54.1 Å². The average molecular weight is 513 g/mol. The molecule has 1 nitrogen and oxygen atoms in total. The molecule has 0 aliphatic heterocycles. The van der Waals surface area contributed by atoms with Gasteiger partial charge in [-0.15, -0.1) is 0 Å². The van der Waals surface area contributed by atoms with Crippen molar-refractivity contribution < 1.29 is 0 Å². The molecular weight excluding hydrogens is 478 g/mol. The lowest BCUT2D eigenvalue weighted by atomic mass is 9.90. The van der Waals surface area contributed by atoms with Gasteiger partial charge in [-0.3, -0.25) is 0 Å². The minimum atomic E-state index is 1.10. The van der Waals surface area contributed by atoms with Gasteiger partial charge in [0.2, 0.25) is 0 Å². The van der Waals surface area contributed by atoms with E-state index in [4.69, 9.17) is 0 Å². The van der Waals surface area contributed by atoms with Crippen molar-refractivity contribution in [1.29, 1.82) is 0 Å². The summed E-state index contributed by atoms with van der Waals surface area (Å²) in [7, 11) is 0. The molecule has 6 rings (SSSR count). The Bertz CT molecular complexity index is 1560. The zero-order valence-corrected chi connectivity index (χ0v) is 21.9.